The summed E-state index contributed by atoms with van der Waals surface area (Å²) in [6.45, 7) is 0. The highest BCUT2D eigenvalue weighted by Gasteiger charge is 2.02. The number of hydrogen-bond donors (Lipinski definition) is 0. The fourth-order valence-electron chi connectivity index (χ4n) is 1.87. The molecule has 1 aromatic heterocycles. The van der Waals surface area contributed by atoms with Gasteiger partial charge in [-0.1, -0.05) is 52.3 Å². The zero-order chi connectivity index (χ0) is 11.0. The third kappa shape index (κ3) is 1.48. The maximum atomic E-state index is 4.56. The van der Waals surface area contributed by atoms with E-state index in [2.05, 4.69) is 50.2 Å². The third-order valence-electron chi connectivity index (χ3n) is 2.64. The first-order chi connectivity index (χ1) is 7.88. The summed E-state index contributed by atoms with van der Waals surface area (Å²) in [5, 5.41) is 4.17. The molecule has 0 aliphatic carbocycles. The lowest BCUT2D eigenvalue weighted by Crippen LogP contribution is -1.91. The summed E-state index contributed by atoms with van der Waals surface area (Å²) in [5.41, 5.74) is 1.03. The monoisotopic (exact) mass is 272 g/mol. The standard InChI is InChI=1S/C13H9BrN2/c14-7-12-15-8-10-6-5-9-3-1-2-4-11(9)13(10)16-12/h1-6,8H,7H2. The molecule has 0 saturated carbocycles. The molecule has 0 spiro atoms. The second kappa shape index (κ2) is 3.83. The zero-order valence-corrected chi connectivity index (χ0v) is 10.1. The first-order valence-corrected chi connectivity index (χ1v) is 6.20. The molecule has 0 radical (unpaired) electrons. The molecule has 0 aliphatic heterocycles. The van der Waals surface area contributed by atoms with Crippen molar-refractivity contribution in [2.75, 3.05) is 0 Å². The topological polar surface area (TPSA) is 25.8 Å². The van der Waals surface area contributed by atoms with Gasteiger partial charge in [-0.15, -0.1) is 0 Å². The van der Waals surface area contributed by atoms with Crippen LogP contribution in [0.1, 0.15) is 5.82 Å². The normalized spacial score (nSPS) is 11.1. The van der Waals surface area contributed by atoms with Gasteiger partial charge < -0.3 is 0 Å². The average Bonchev–Trinajstić information content (AvgIpc) is 2.38. The van der Waals surface area contributed by atoms with Crippen molar-refractivity contribution < 1.29 is 0 Å². The van der Waals surface area contributed by atoms with Crippen LogP contribution in [0, 0.1) is 0 Å². The smallest absolute Gasteiger partial charge is 0.139 e. The van der Waals surface area contributed by atoms with Crippen molar-refractivity contribution in [1.29, 1.82) is 0 Å². The first kappa shape index (κ1) is 9.73. The Balaban J connectivity index is 2.47. The molecule has 3 heteroatoms. The number of aromatic nitrogens is 2. The van der Waals surface area contributed by atoms with E-state index in [4.69, 9.17) is 0 Å². The van der Waals surface area contributed by atoms with Gasteiger partial charge in [0, 0.05) is 17.0 Å². The molecular formula is C13H9BrN2. The quantitative estimate of drug-likeness (QED) is 0.499. The minimum absolute atomic E-state index is 0.687. The maximum absolute atomic E-state index is 4.56. The fraction of sp³-hybridized carbons (Fsp3) is 0.0769. The van der Waals surface area contributed by atoms with Gasteiger partial charge in [-0.3, -0.25) is 0 Å². The van der Waals surface area contributed by atoms with E-state index in [1.807, 2.05) is 18.3 Å². The molecule has 0 fully saturated rings. The summed E-state index contributed by atoms with van der Waals surface area (Å²) in [6, 6.07) is 12.5. The van der Waals surface area contributed by atoms with Crippen molar-refractivity contribution >= 4 is 37.6 Å². The summed E-state index contributed by atoms with van der Waals surface area (Å²) < 4.78 is 0. The Kier molecular flexibility index (Phi) is 2.33. The van der Waals surface area contributed by atoms with Crippen LogP contribution in [0.25, 0.3) is 21.7 Å². The van der Waals surface area contributed by atoms with Gasteiger partial charge in [-0.05, 0) is 5.39 Å². The lowest BCUT2D eigenvalue weighted by Gasteiger charge is -2.03. The van der Waals surface area contributed by atoms with E-state index in [1.54, 1.807) is 0 Å². The Bertz CT molecular complexity index is 664. The molecule has 2 nitrogen and oxygen atoms in total. The maximum Gasteiger partial charge on any atom is 0.139 e. The summed E-state index contributed by atoms with van der Waals surface area (Å²) in [5.74, 6) is 0.823. The van der Waals surface area contributed by atoms with Gasteiger partial charge in [0.2, 0.25) is 0 Å². The lowest BCUT2D eigenvalue weighted by atomic mass is 10.1. The lowest BCUT2D eigenvalue weighted by molar-refractivity contribution is 1.08. The highest BCUT2D eigenvalue weighted by atomic mass is 79.9. The Morgan fingerprint density at radius 1 is 1.00 bits per heavy atom. The largest absolute Gasteiger partial charge is 0.240 e. The second-order valence-corrected chi connectivity index (χ2v) is 4.21. The van der Waals surface area contributed by atoms with Crippen LogP contribution in [-0.4, -0.2) is 9.97 Å². The summed E-state index contributed by atoms with van der Waals surface area (Å²) >= 11 is 3.38. The number of alkyl halides is 1. The minimum Gasteiger partial charge on any atom is -0.240 e. The SMILES string of the molecule is BrCc1ncc2ccc3ccccc3c2n1. The van der Waals surface area contributed by atoms with Gasteiger partial charge in [-0.25, -0.2) is 9.97 Å². The predicted molar refractivity (Wildman–Crippen MR) is 69.7 cm³/mol. The van der Waals surface area contributed by atoms with E-state index in [-0.39, 0.29) is 0 Å². The van der Waals surface area contributed by atoms with Crippen LogP contribution >= 0.6 is 15.9 Å². The Hall–Kier alpha value is -1.48. The minimum atomic E-state index is 0.687. The first-order valence-electron chi connectivity index (χ1n) is 5.08. The Morgan fingerprint density at radius 2 is 1.81 bits per heavy atom. The molecule has 3 aromatic rings. The van der Waals surface area contributed by atoms with Gasteiger partial charge >= 0.3 is 0 Å². The zero-order valence-electron chi connectivity index (χ0n) is 8.52. The van der Waals surface area contributed by atoms with Crippen LogP contribution < -0.4 is 0 Å². The van der Waals surface area contributed by atoms with Crippen LogP contribution in [-0.2, 0) is 5.33 Å². The molecule has 0 saturated heterocycles. The van der Waals surface area contributed by atoms with E-state index in [0.717, 1.165) is 16.7 Å². The van der Waals surface area contributed by atoms with E-state index in [9.17, 15) is 0 Å². The van der Waals surface area contributed by atoms with E-state index >= 15 is 0 Å². The Morgan fingerprint density at radius 3 is 2.69 bits per heavy atom. The molecule has 16 heavy (non-hydrogen) atoms. The summed E-state index contributed by atoms with van der Waals surface area (Å²) in [7, 11) is 0. The van der Waals surface area contributed by atoms with Crippen LogP contribution in [0.15, 0.2) is 42.6 Å². The molecule has 0 aliphatic rings. The second-order valence-electron chi connectivity index (χ2n) is 3.64. The van der Waals surface area contributed by atoms with E-state index in [1.165, 1.54) is 10.8 Å². The predicted octanol–water partition coefficient (Wildman–Crippen LogP) is 3.68. The van der Waals surface area contributed by atoms with Crippen LogP contribution in [0.4, 0.5) is 0 Å². The number of hydrogen-bond acceptors (Lipinski definition) is 2. The number of halogens is 1. The number of benzene rings is 2. The molecule has 0 unspecified atom stereocenters. The number of fused-ring (bicyclic) bond motifs is 3. The highest BCUT2D eigenvalue weighted by Crippen LogP contribution is 2.23. The molecule has 0 atom stereocenters. The van der Waals surface area contributed by atoms with Crippen molar-refractivity contribution in [1.82, 2.24) is 9.97 Å². The molecule has 3 rings (SSSR count). The van der Waals surface area contributed by atoms with Crippen LogP contribution in [0.2, 0.25) is 0 Å². The molecular weight excluding hydrogens is 264 g/mol. The summed E-state index contributed by atoms with van der Waals surface area (Å²) in [4.78, 5) is 8.84. The van der Waals surface area contributed by atoms with Crippen molar-refractivity contribution in [2.45, 2.75) is 5.33 Å². The molecule has 0 bridgehead atoms. The van der Waals surface area contributed by atoms with Crippen molar-refractivity contribution in [3.05, 3.63) is 48.4 Å². The molecule has 0 amide bonds. The van der Waals surface area contributed by atoms with Crippen molar-refractivity contribution in [2.24, 2.45) is 0 Å². The van der Waals surface area contributed by atoms with Crippen molar-refractivity contribution in [3.8, 4) is 0 Å². The molecule has 78 valence electrons. The molecule has 1 heterocycles. The summed E-state index contributed by atoms with van der Waals surface area (Å²) in [6.07, 6.45) is 1.88. The van der Waals surface area contributed by atoms with Gasteiger partial charge in [-0.2, -0.15) is 0 Å². The van der Waals surface area contributed by atoms with Gasteiger partial charge in [0.25, 0.3) is 0 Å². The van der Waals surface area contributed by atoms with Crippen LogP contribution in [0.5, 0.6) is 0 Å². The van der Waals surface area contributed by atoms with Crippen molar-refractivity contribution in [3.63, 3.8) is 0 Å². The van der Waals surface area contributed by atoms with Gasteiger partial charge in [0.05, 0.1) is 10.8 Å². The molecule has 0 N–H and O–H groups in total. The fourth-order valence-corrected chi connectivity index (χ4v) is 2.14. The average molecular weight is 273 g/mol. The number of rotatable bonds is 1. The van der Waals surface area contributed by atoms with Gasteiger partial charge in [0.15, 0.2) is 0 Å². The third-order valence-corrected chi connectivity index (χ3v) is 3.15. The van der Waals surface area contributed by atoms with Gasteiger partial charge in [0.1, 0.15) is 5.82 Å². The van der Waals surface area contributed by atoms with E-state index < -0.39 is 0 Å². The van der Waals surface area contributed by atoms with Crippen LogP contribution in [0.3, 0.4) is 0 Å². The molecule has 2 aromatic carbocycles. The Labute approximate surface area is 101 Å². The number of nitrogens with zero attached hydrogens (tertiary/aromatic N) is 2. The van der Waals surface area contributed by atoms with E-state index in [0.29, 0.717) is 5.33 Å². The highest BCUT2D eigenvalue weighted by molar-refractivity contribution is 9.08.